The Kier molecular flexibility index (Phi) is 2.30. The Morgan fingerprint density at radius 2 is 1.89 bits per heavy atom. The van der Waals surface area contributed by atoms with Gasteiger partial charge in [-0.3, -0.25) is 4.79 Å². The summed E-state index contributed by atoms with van der Waals surface area (Å²) in [6.45, 7) is 0. The Morgan fingerprint density at radius 1 is 1.11 bits per heavy atom. The first-order valence-electron chi connectivity index (χ1n) is 5.39. The quantitative estimate of drug-likeness (QED) is 0.459. The van der Waals surface area contributed by atoms with Crippen LogP contribution in [0.2, 0.25) is 0 Å². The average Bonchev–Trinajstić information content (AvgIpc) is 2.53. The van der Waals surface area contributed by atoms with E-state index < -0.39 is 0 Å². The first kappa shape index (κ1) is 10.5. The van der Waals surface area contributed by atoms with E-state index in [9.17, 15) is 4.79 Å². The number of rotatable bonds is 0. The van der Waals surface area contributed by atoms with Crippen LogP contribution in [-0.2, 0) is 0 Å². The molecule has 0 spiro atoms. The van der Waals surface area contributed by atoms with Gasteiger partial charge in [-0.05, 0) is 18.2 Å². The van der Waals surface area contributed by atoms with Crippen molar-refractivity contribution in [3.63, 3.8) is 0 Å². The Balaban J connectivity index is 2.79. The molecule has 0 fully saturated rings. The molecule has 0 bridgehead atoms. The lowest BCUT2D eigenvalue weighted by molar-refractivity contribution is 0.302. The minimum absolute atomic E-state index is 0.0184. The normalized spacial score (nSPS) is 12.1. The van der Waals surface area contributed by atoms with Crippen molar-refractivity contribution in [3.8, 4) is 0 Å². The molecule has 0 atom stereocenters. The summed E-state index contributed by atoms with van der Waals surface area (Å²) in [7, 11) is 0. The molecule has 2 heterocycles. The van der Waals surface area contributed by atoms with E-state index in [1.54, 1.807) is 36.5 Å². The van der Waals surface area contributed by atoms with E-state index in [-0.39, 0.29) is 10.8 Å². The summed E-state index contributed by atoms with van der Waals surface area (Å²) in [6, 6.07) is 10.5. The van der Waals surface area contributed by atoms with E-state index in [2.05, 4.69) is 15.1 Å². The Labute approximate surface area is 101 Å². The van der Waals surface area contributed by atoms with Crippen molar-refractivity contribution in [1.82, 2.24) is 9.97 Å². The van der Waals surface area contributed by atoms with Gasteiger partial charge in [0.2, 0.25) is 5.43 Å². The van der Waals surface area contributed by atoms with Crippen LogP contribution in [0.4, 0.5) is 0 Å². The molecule has 0 unspecified atom stereocenters. The molecule has 3 aromatic rings. The minimum Gasteiger partial charge on any atom is -0.410 e. The summed E-state index contributed by atoms with van der Waals surface area (Å²) in [4.78, 5) is 19.5. The average molecular weight is 239 g/mol. The van der Waals surface area contributed by atoms with Gasteiger partial charge in [-0.15, -0.1) is 0 Å². The van der Waals surface area contributed by atoms with Crippen LogP contribution >= 0.6 is 0 Å². The first-order chi connectivity index (χ1) is 8.81. The highest BCUT2D eigenvalue weighted by Gasteiger charge is 2.04. The molecule has 3 rings (SSSR count). The van der Waals surface area contributed by atoms with E-state index in [0.717, 1.165) is 0 Å². The van der Waals surface area contributed by atoms with Crippen molar-refractivity contribution in [2.24, 2.45) is 5.16 Å². The molecule has 0 aliphatic rings. The summed E-state index contributed by atoms with van der Waals surface area (Å²) < 4.78 is 0. The molecule has 0 amide bonds. The topological polar surface area (TPSA) is 78.3 Å². The molecule has 2 aromatic heterocycles. The lowest BCUT2D eigenvalue weighted by Crippen LogP contribution is -2.23. The van der Waals surface area contributed by atoms with Crippen molar-refractivity contribution in [1.29, 1.82) is 0 Å². The molecule has 0 saturated heterocycles. The zero-order valence-electron chi connectivity index (χ0n) is 9.29. The molecule has 1 aromatic carbocycles. The number of para-hydroxylation sites is 1. The predicted octanol–water partition coefficient (Wildman–Crippen LogP) is 1.37. The van der Waals surface area contributed by atoms with Crippen LogP contribution in [-0.4, -0.2) is 15.2 Å². The standard InChI is InChI=1S/C13H9N3O2/c17-12-9-5-3-7-14-13(9)15-10-6-2-1-4-8(10)11(12)16-18/h1-7,18H,(H,14,15). The van der Waals surface area contributed by atoms with Crippen molar-refractivity contribution >= 4 is 21.9 Å². The second-order valence-corrected chi connectivity index (χ2v) is 3.85. The molecule has 18 heavy (non-hydrogen) atoms. The molecular formula is C13H9N3O2. The molecule has 5 heteroatoms. The van der Waals surface area contributed by atoms with Crippen LogP contribution in [0.25, 0.3) is 21.9 Å². The monoisotopic (exact) mass is 239 g/mol. The van der Waals surface area contributed by atoms with Crippen molar-refractivity contribution in [2.45, 2.75) is 0 Å². The SMILES string of the molecule is O=c1c(=NO)c2ccccc2[nH]c2ncccc12. The Hall–Kier alpha value is -2.69. The largest absolute Gasteiger partial charge is 0.410 e. The number of aromatic nitrogens is 2. The molecule has 0 saturated carbocycles. The van der Waals surface area contributed by atoms with Crippen LogP contribution in [0.15, 0.2) is 52.5 Å². The fraction of sp³-hybridized carbons (Fsp3) is 0. The summed E-state index contributed by atoms with van der Waals surface area (Å²) in [5.74, 6) is 0. The third-order valence-electron chi connectivity index (χ3n) is 2.80. The van der Waals surface area contributed by atoms with Gasteiger partial charge < -0.3 is 10.2 Å². The van der Waals surface area contributed by atoms with Gasteiger partial charge in [0.25, 0.3) is 0 Å². The molecule has 0 aliphatic heterocycles. The summed E-state index contributed by atoms with van der Waals surface area (Å²) in [5, 5.41) is 13.2. The zero-order valence-corrected chi connectivity index (χ0v) is 9.29. The highest BCUT2D eigenvalue weighted by molar-refractivity contribution is 5.84. The lowest BCUT2D eigenvalue weighted by atomic mass is 10.2. The van der Waals surface area contributed by atoms with Crippen molar-refractivity contribution < 1.29 is 5.21 Å². The zero-order chi connectivity index (χ0) is 12.5. The number of hydrogen-bond donors (Lipinski definition) is 2. The van der Waals surface area contributed by atoms with E-state index >= 15 is 0 Å². The highest BCUT2D eigenvalue weighted by atomic mass is 16.4. The summed E-state index contributed by atoms with van der Waals surface area (Å²) in [6.07, 6.45) is 1.60. The van der Waals surface area contributed by atoms with Gasteiger partial charge in [0.15, 0.2) is 5.36 Å². The van der Waals surface area contributed by atoms with Crippen LogP contribution in [0.5, 0.6) is 0 Å². The maximum Gasteiger partial charge on any atom is 0.219 e. The number of nitrogens with one attached hydrogen (secondary N) is 1. The van der Waals surface area contributed by atoms with Crippen LogP contribution in [0.3, 0.4) is 0 Å². The minimum atomic E-state index is -0.349. The molecule has 2 N–H and O–H groups in total. The van der Waals surface area contributed by atoms with Crippen molar-refractivity contribution in [2.75, 3.05) is 0 Å². The van der Waals surface area contributed by atoms with Gasteiger partial charge in [0, 0.05) is 17.1 Å². The second-order valence-electron chi connectivity index (χ2n) is 3.85. The molecule has 5 nitrogen and oxygen atoms in total. The number of aromatic amines is 1. The van der Waals surface area contributed by atoms with Crippen LogP contribution in [0.1, 0.15) is 0 Å². The number of fused-ring (bicyclic) bond motifs is 2. The van der Waals surface area contributed by atoms with Gasteiger partial charge in [-0.2, -0.15) is 0 Å². The number of benzene rings is 1. The number of hydrogen-bond acceptors (Lipinski definition) is 4. The summed E-state index contributed by atoms with van der Waals surface area (Å²) in [5.41, 5.74) is 0.808. The number of pyridine rings is 1. The molecule has 88 valence electrons. The summed E-state index contributed by atoms with van der Waals surface area (Å²) >= 11 is 0. The molecular weight excluding hydrogens is 230 g/mol. The van der Waals surface area contributed by atoms with E-state index in [4.69, 9.17) is 5.21 Å². The lowest BCUT2D eigenvalue weighted by Gasteiger charge is -1.91. The number of H-pyrrole nitrogens is 1. The van der Waals surface area contributed by atoms with Gasteiger partial charge >= 0.3 is 0 Å². The van der Waals surface area contributed by atoms with Crippen LogP contribution in [0, 0.1) is 0 Å². The first-order valence-corrected chi connectivity index (χ1v) is 5.39. The van der Waals surface area contributed by atoms with Gasteiger partial charge in [-0.25, -0.2) is 4.98 Å². The van der Waals surface area contributed by atoms with Gasteiger partial charge in [0.05, 0.1) is 5.39 Å². The van der Waals surface area contributed by atoms with E-state index in [1.165, 1.54) is 0 Å². The third-order valence-corrected chi connectivity index (χ3v) is 2.80. The fourth-order valence-electron chi connectivity index (χ4n) is 1.96. The Bertz CT molecular complexity index is 869. The van der Waals surface area contributed by atoms with Gasteiger partial charge in [-0.1, -0.05) is 23.4 Å². The number of nitrogens with zero attached hydrogens (tertiary/aromatic N) is 2. The molecule has 0 radical (unpaired) electrons. The molecule has 0 aliphatic carbocycles. The second kappa shape index (κ2) is 3.96. The Morgan fingerprint density at radius 3 is 2.72 bits per heavy atom. The van der Waals surface area contributed by atoms with Crippen molar-refractivity contribution in [3.05, 3.63) is 58.2 Å². The predicted molar refractivity (Wildman–Crippen MR) is 67.2 cm³/mol. The fourth-order valence-corrected chi connectivity index (χ4v) is 1.96. The van der Waals surface area contributed by atoms with Gasteiger partial charge in [0.1, 0.15) is 5.65 Å². The maximum absolute atomic E-state index is 12.3. The third kappa shape index (κ3) is 1.45. The van der Waals surface area contributed by atoms with Crippen LogP contribution < -0.4 is 10.8 Å². The highest BCUT2D eigenvalue weighted by Crippen LogP contribution is 2.08. The van der Waals surface area contributed by atoms with E-state index in [1.807, 2.05) is 6.07 Å². The van der Waals surface area contributed by atoms with E-state index in [0.29, 0.717) is 21.9 Å². The smallest absolute Gasteiger partial charge is 0.219 e. The maximum atomic E-state index is 12.3.